The Hall–Kier alpha value is -0.320. The largest absolute Gasteiger partial charge is 0.351 e. The molecule has 1 unspecified atom stereocenters. The van der Waals surface area contributed by atoms with Crippen molar-refractivity contribution in [1.29, 1.82) is 0 Å². The molecule has 1 heterocycles. The van der Waals surface area contributed by atoms with Gasteiger partial charge in [0.25, 0.3) is 5.91 Å². The predicted octanol–water partition coefficient (Wildman–Crippen LogP) is 3.00. The fourth-order valence-electron chi connectivity index (χ4n) is 1.76. The molecule has 0 bridgehead atoms. The maximum Gasteiger partial charge on any atom is 0.251 e. The van der Waals surface area contributed by atoms with Crippen LogP contribution >= 0.6 is 35.1 Å². The van der Waals surface area contributed by atoms with E-state index in [9.17, 15) is 4.79 Å². The van der Waals surface area contributed by atoms with Gasteiger partial charge in [-0.15, -0.1) is 11.6 Å². The van der Waals surface area contributed by atoms with Crippen LogP contribution in [0.2, 0.25) is 0 Å². The van der Waals surface area contributed by atoms with Gasteiger partial charge in [-0.2, -0.15) is 23.5 Å². The first-order valence-electron chi connectivity index (χ1n) is 5.92. The van der Waals surface area contributed by atoms with Crippen molar-refractivity contribution in [3.05, 3.63) is 35.4 Å². The Labute approximate surface area is 121 Å². The lowest BCUT2D eigenvalue weighted by Gasteiger charge is -2.21. The van der Waals surface area contributed by atoms with E-state index in [1.54, 1.807) is 0 Å². The topological polar surface area (TPSA) is 29.1 Å². The number of halogens is 1. The van der Waals surface area contributed by atoms with E-state index in [0.717, 1.165) is 17.9 Å². The molecule has 2 nitrogen and oxygen atoms in total. The van der Waals surface area contributed by atoms with Gasteiger partial charge < -0.3 is 5.32 Å². The zero-order chi connectivity index (χ0) is 12.8. The Kier molecular flexibility index (Phi) is 5.73. The molecule has 1 aromatic rings. The number of benzene rings is 1. The minimum Gasteiger partial charge on any atom is -0.351 e. The number of hydrogen-bond acceptors (Lipinski definition) is 3. The maximum absolute atomic E-state index is 12.0. The van der Waals surface area contributed by atoms with Crippen molar-refractivity contribution in [2.75, 3.05) is 23.8 Å². The summed E-state index contributed by atoms with van der Waals surface area (Å²) in [6, 6.07) is 7.48. The smallest absolute Gasteiger partial charge is 0.251 e. The van der Waals surface area contributed by atoms with Gasteiger partial charge in [0.05, 0.1) is 0 Å². The number of nitrogens with one attached hydrogen (secondary N) is 1. The highest BCUT2D eigenvalue weighted by Gasteiger charge is 2.15. The first kappa shape index (κ1) is 14.1. The van der Waals surface area contributed by atoms with Crippen LogP contribution in [0.4, 0.5) is 0 Å². The first-order chi connectivity index (χ1) is 8.79. The fourth-order valence-corrected chi connectivity index (χ4v) is 4.54. The second-order valence-corrected chi connectivity index (χ2v) is 6.94. The molecule has 1 aliphatic rings. The summed E-state index contributed by atoms with van der Waals surface area (Å²) >= 11 is 9.68. The molecule has 5 heteroatoms. The normalized spacial score (nSPS) is 19.5. The van der Waals surface area contributed by atoms with Gasteiger partial charge in [-0.3, -0.25) is 4.79 Å². The third kappa shape index (κ3) is 4.11. The number of hydrogen-bond donors (Lipinski definition) is 1. The Bertz CT molecular complexity index is 408. The number of alkyl halides is 1. The standard InChI is InChI=1S/C13H16ClNOS2/c14-7-10-2-1-3-11(6-10)13(16)15-8-12-9-17-4-5-18-12/h1-3,6,12H,4-5,7-9H2,(H,15,16). The average molecular weight is 302 g/mol. The minimum atomic E-state index is -0.00172. The molecule has 98 valence electrons. The molecule has 0 spiro atoms. The number of carbonyl (C=O) groups is 1. The second-order valence-electron chi connectivity index (χ2n) is 4.11. The third-order valence-corrected chi connectivity index (χ3v) is 5.87. The highest BCUT2D eigenvalue weighted by atomic mass is 35.5. The Balaban J connectivity index is 1.86. The highest BCUT2D eigenvalue weighted by Crippen LogP contribution is 2.23. The van der Waals surface area contributed by atoms with Crippen LogP contribution in [-0.4, -0.2) is 35.0 Å². The lowest BCUT2D eigenvalue weighted by atomic mass is 10.1. The summed E-state index contributed by atoms with van der Waals surface area (Å²) in [6.45, 7) is 0.752. The van der Waals surface area contributed by atoms with Crippen molar-refractivity contribution in [1.82, 2.24) is 5.32 Å². The first-order valence-corrected chi connectivity index (χ1v) is 8.66. The van der Waals surface area contributed by atoms with Gasteiger partial charge in [-0.25, -0.2) is 0 Å². The van der Waals surface area contributed by atoms with Gasteiger partial charge >= 0.3 is 0 Å². The summed E-state index contributed by atoms with van der Waals surface area (Å²) in [6.07, 6.45) is 0. The maximum atomic E-state index is 12.0. The van der Waals surface area contributed by atoms with Gasteiger partial charge in [-0.05, 0) is 17.7 Å². The molecule has 0 aromatic heterocycles. The van der Waals surface area contributed by atoms with Crippen molar-refractivity contribution < 1.29 is 4.79 Å². The monoisotopic (exact) mass is 301 g/mol. The van der Waals surface area contributed by atoms with E-state index in [1.807, 2.05) is 47.8 Å². The molecule has 1 fully saturated rings. The average Bonchev–Trinajstić information content (AvgIpc) is 2.46. The number of rotatable bonds is 4. The molecule has 1 atom stereocenters. The van der Waals surface area contributed by atoms with Crippen molar-refractivity contribution in [3.8, 4) is 0 Å². The summed E-state index contributed by atoms with van der Waals surface area (Å²) in [5.41, 5.74) is 1.67. The fraction of sp³-hybridized carbons (Fsp3) is 0.462. The molecule has 0 saturated carbocycles. The quantitative estimate of drug-likeness (QED) is 0.867. The van der Waals surface area contributed by atoms with Crippen LogP contribution in [0.5, 0.6) is 0 Å². The molecule has 1 amide bonds. The van der Waals surface area contributed by atoms with Crippen LogP contribution in [0.15, 0.2) is 24.3 Å². The van der Waals surface area contributed by atoms with Crippen LogP contribution in [0.3, 0.4) is 0 Å². The van der Waals surface area contributed by atoms with E-state index in [1.165, 1.54) is 11.5 Å². The second kappa shape index (κ2) is 7.31. The van der Waals surface area contributed by atoms with Crippen molar-refractivity contribution >= 4 is 41.0 Å². The van der Waals surface area contributed by atoms with Crippen LogP contribution in [0.25, 0.3) is 0 Å². The van der Waals surface area contributed by atoms with E-state index in [-0.39, 0.29) is 5.91 Å². The molecule has 1 aromatic carbocycles. The van der Waals surface area contributed by atoms with Crippen LogP contribution < -0.4 is 5.32 Å². The lowest BCUT2D eigenvalue weighted by molar-refractivity contribution is 0.0954. The molecule has 0 aliphatic carbocycles. The van der Waals surface area contributed by atoms with E-state index in [4.69, 9.17) is 11.6 Å². The molecule has 1 saturated heterocycles. The Morgan fingerprint density at radius 1 is 1.44 bits per heavy atom. The molecule has 1 N–H and O–H groups in total. The number of carbonyl (C=O) groups excluding carboxylic acids is 1. The van der Waals surface area contributed by atoms with Crippen molar-refractivity contribution in [3.63, 3.8) is 0 Å². The molecule has 0 radical (unpaired) electrons. The third-order valence-electron chi connectivity index (χ3n) is 2.72. The van der Waals surface area contributed by atoms with E-state index in [0.29, 0.717) is 16.7 Å². The zero-order valence-electron chi connectivity index (χ0n) is 10.0. The van der Waals surface area contributed by atoms with E-state index < -0.39 is 0 Å². The van der Waals surface area contributed by atoms with Gasteiger partial charge in [-0.1, -0.05) is 12.1 Å². The van der Waals surface area contributed by atoms with Gasteiger partial charge in [0.1, 0.15) is 0 Å². The Morgan fingerprint density at radius 3 is 3.06 bits per heavy atom. The van der Waals surface area contributed by atoms with Gasteiger partial charge in [0.2, 0.25) is 0 Å². The highest BCUT2D eigenvalue weighted by molar-refractivity contribution is 8.06. The van der Waals surface area contributed by atoms with Crippen molar-refractivity contribution in [2.24, 2.45) is 0 Å². The van der Waals surface area contributed by atoms with Crippen LogP contribution in [0, 0.1) is 0 Å². The zero-order valence-corrected chi connectivity index (χ0v) is 12.4. The molecular weight excluding hydrogens is 286 g/mol. The number of thioether (sulfide) groups is 2. The molecule has 2 rings (SSSR count). The van der Waals surface area contributed by atoms with Crippen molar-refractivity contribution in [2.45, 2.75) is 11.1 Å². The molecule has 18 heavy (non-hydrogen) atoms. The molecule has 1 aliphatic heterocycles. The predicted molar refractivity (Wildman–Crippen MR) is 81.9 cm³/mol. The summed E-state index contributed by atoms with van der Waals surface area (Å²) in [5.74, 6) is 3.99. The Morgan fingerprint density at radius 2 is 2.33 bits per heavy atom. The van der Waals surface area contributed by atoms with E-state index >= 15 is 0 Å². The summed E-state index contributed by atoms with van der Waals surface area (Å²) in [7, 11) is 0. The summed E-state index contributed by atoms with van der Waals surface area (Å²) in [4.78, 5) is 12.0. The van der Waals surface area contributed by atoms with Crippen LogP contribution in [0.1, 0.15) is 15.9 Å². The summed E-state index contributed by atoms with van der Waals surface area (Å²) < 4.78 is 0. The summed E-state index contributed by atoms with van der Waals surface area (Å²) in [5, 5.41) is 3.55. The SMILES string of the molecule is O=C(NCC1CSCCS1)c1cccc(CCl)c1. The van der Waals surface area contributed by atoms with E-state index in [2.05, 4.69) is 5.32 Å². The van der Waals surface area contributed by atoms with Crippen LogP contribution in [-0.2, 0) is 5.88 Å². The van der Waals surface area contributed by atoms with Gasteiger partial charge in [0.15, 0.2) is 0 Å². The molecular formula is C13H16ClNOS2. The lowest BCUT2D eigenvalue weighted by Crippen LogP contribution is -2.33. The minimum absolute atomic E-state index is 0.00172. The number of amides is 1. The van der Waals surface area contributed by atoms with Gasteiger partial charge in [0, 0.05) is 40.5 Å².